The lowest BCUT2D eigenvalue weighted by molar-refractivity contribution is -0.113. The number of hydrogen-bond donors (Lipinski definition) is 3. The highest BCUT2D eigenvalue weighted by molar-refractivity contribution is 7.99. The molecule has 0 aromatic carbocycles. The van der Waals surface area contributed by atoms with Gasteiger partial charge in [0.25, 0.3) is 5.56 Å². The standard InChI is InChI=1S/C10H12N6O2S/c1-2-6-3-7(17)15-10(13-6)19-4-8(18)14-9-11-5-12-16-9/h3,5H,2,4H2,1H3,(H,13,15,17)(H2,11,12,14,16,18). The first-order valence-corrected chi connectivity index (χ1v) is 6.54. The average molecular weight is 280 g/mol. The number of aromatic amines is 2. The van der Waals surface area contributed by atoms with Gasteiger partial charge >= 0.3 is 0 Å². The first kappa shape index (κ1) is 13.3. The van der Waals surface area contributed by atoms with Crippen molar-refractivity contribution in [1.29, 1.82) is 0 Å². The number of anilines is 1. The molecule has 1 amide bonds. The second-order valence-corrected chi connectivity index (χ2v) is 4.53. The molecule has 0 bridgehead atoms. The minimum atomic E-state index is -0.258. The van der Waals surface area contributed by atoms with E-state index in [1.165, 1.54) is 12.4 Å². The quantitative estimate of drug-likeness (QED) is 0.531. The van der Waals surface area contributed by atoms with Crippen LogP contribution in [0.1, 0.15) is 12.6 Å². The zero-order valence-electron chi connectivity index (χ0n) is 10.1. The zero-order chi connectivity index (χ0) is 13.7. The van der Waals surface area contributed by atoms with Gasteiger partial charge in [-0.2, -0.15) is 10.1 Å². The van der Waals surface area contributed by atoms with E-state index in [2.05, 4.69) is 30.5 Å². The third kappa shape index (κ3) is 3.91. The van der Waals surface area contributed by atoms with Crippen LogP contribution in [0.25, 0.3) is 0 Å². The number of H-pyrrole nitrogens is 2. The summed E-state index contributed by atoms with van der Waals surface area (Å²) >= 11 is 1.15. The number of carbonyl (C=O) groups is 1. The van der Waals surface area contributed by atoms with E-state index in [0.29, 0.717) is 17.3 Å². The molecule has 2 rings (SSSR count). The van der Waals surface area contributed by atoms with Crippen molar-refractivity contribution in [2.45, 2.75) is 18.5 Å². The molecule has 0 aliphatic carbocycles. The van der Waals surface area contributed by atoms with Crippen LogP contribution >= 0.6 is 11.8 Å². The molecular formula is C10H12N6O2S. The smallest absolute Gasteiger partial charge is 0.251 e. The summed E-state index contributed by atoms with van der Waals surface area (Å²) < 4.78 is 0. The first-order valence-electron chi connectivity index (χ1n) is 5.55. The summed E-state index contributed by atoms with van der Waals surface area (Å²) in [5, 5.41) is 9.08. The van der Waals surface area contributed by atoms with Gasteiger partial charge in [-0.1, -0.05) is 18.7 Å². The van der Waals surface area contributed by atoms with Crippen LogP contribution in [0.2, 0.25) is 0 Å². The number of rotatable bonds is 5. The van der Waals surface area contributed by atoms with Gasteiger partial charge in [-0.25, -0.2) is 10.1 Å². The number of nitrogens with zero attached hydrogens (tertiary/aromatic N) is 3. The third-order valence-corrected chi connectivity index (χ3v) is 3.02. The molecule has 2 heterocycles. The van der Waals surface area contributed by atoms with Crippen LogP contribution in [0.3, 0.4) is 0 Å². The lowest BCUT2D eigenvalue weighted by Crippen LogP contribution is -2.16. The van der Waals surface area contributed by atoms with Crippen LogP contribution in [0.5, 0.6) is 0 Å². The van der Waals surface area contributed by atoms with E-state index < -0.39 is 0 Å². The molecule has 0 spiro atoms. The molecule has 0 aliphatic heterocycles. The number of thioether (sulfide) groups is 1. The fraction of sp³-hybridized carbons (Fsp3) is 0.300. The van der Waals surface area contributed by atoms with Crippen LogP contribution in [-0.2, 0) is 11.2 Å². The van der Waals surface area contributed by atoms with Gasteiger partial charge in [-0.3, -0.25) is 14.9 Å². The van der Waals surface area contributed by atoms with Gasteiger partial charge in [0, 0.05) is 11.8 Å². The highest BCUT2D eigenvalue weighted by Crippen LogP contribution is 2.11. The molecule has 19 heavy (non-hydrogen) atoms. The number of carbonyl (C=O) groups excluding carboxylic acids is 1. The Labute approximate surface area is 112 Å². The van der Waals surface area contributed by atoms with Gasteiger partial charge in [-0.05, 0) is 6.42 Å². The number of nitrogens with one attached hydrogen (secondary N) is 3. The second kappa shape index (κ2) is 6.14. The number of amides is 1. The Balaban J connectivity index is 1.93. The van der Waals surface area contributed by atoms with Crippen molar-refractivity contribution in [2.24, 2.45) is 0 Å². The fourth-order valence-electron chi connectivity index (χ4n) is 1.30. The van der Waals surface area contributed by atoms with Gasteiger partial charge in [-0.15, -0.1) is 0 Å². The minimum Gasteiger partial charge on any atom is -0.301 e. The molecule has 0 fully saturated rings. The molecule has 3 N–H and O–H groups in total. The molecule has 0 saturated carbocycles. The van der Waals surface area contributed by atoms with Crippen LogP contribution in [-0.4, -0.2) is 36.8 Å². The number of aromatic nitrogens is 5. The van der Waals surface area contributed by atoms with E-state index in [0.717, 1.165) is 11.8 Å². The Hall–Kier alpha value is -2.16. The van der Waals surface area contributed by atoms with Crippen LogP contribution in [0.15, 0.2) is 22.3 Å². The summed E-state index contributed by atoms with van der Waals surface area (Å²) in [6, 6.07) is 1.44. The Morgan fingerprint density at radius 3 is 3.05 bits per heavy atom. The first-order chi connectivity index (χ1) is 9.17. The Morgan fingerprint density at radius 1 is 1.53 bits per heavy atom. The van der Waals surface area contributed by atoms with E-state index in [4.69, 9.17) is 0 Å². The fourth-order valence-corrected chi connectivity index (χ4v) is 2.00. The third-order valence-electron chi connectivity index (χ3n) is 2.15. The Kier molecular flexibility index (Phi) is 4.29. The van der Waals surface area contributed by atoms with Crippen molar-refractivity contribution in [2.75, 3.05) is 11.1 Å². The summed E-state index contributed by atoms with van der Waals surface area (Å²) in [5.41, 5.74) is 0.479. The molecule has 2 aromatic rings. The lowest BCUT2D eigenvalue weighted by Gasteiger charge is -2.02. The lowest BCUT2D eigenvalue weighted by atomic mass is 10.3. The van der Waals surface area contributed by atoms with Crippen molar-refractivity contribution in [1.82, 2.24) is 25.1 Å². The average Bonchev–Trinajstić information content (AvgIpc) is 2.88. The molecule has 0 aliphatic rings. The highest BCUT2D eigenvalue weighted by atomic mass is 32.2. The molecule has 0 unspecified atom stereocenters. The van der Waals surface area contributed by atoms with E-state index >= 15 is 0 Å². The number of aryl methyl sites for hydroxylation is 1. The summed E-state index contributed by atoms with van der Waals surface area (Å²) in [4.78, 5) is 33.5. The maximum atomic E-state index is 11.6. The summed E-state index contributed by atoms with van der Waals surface area (Å²) in [6.45, 7) is 1.91. The number of hydrogen-bond acceptors (Lipinski definition) is 6. The van der Waals surface area contributed by atoms with E-state index in [1.54, 1.807) is 0 Å². The molecule has 8 nitrogen and oxygen atoms in total. The van der Waals surface area contributed by atoms with E-state index in [1.807, 2.05) is 6.92 Å². The monoisotopic (exact) mass is 280 g/mol. The minimum absolute atomic E-state index is 0.122. The predicted octanol–water partition coefficient (Wildman–Crippen LogP) is 0.181. The zero-order valence-corrected chi connectivity index (χ0v) is 11.0. The van der Waals surface area contributed by atoms with Gasteiger partial charge in [0.05, 0.1) is 5.75 Å². The second-order valence-electron chi connectivity index (χ2n) is 3.57. The molecule has 0 saturated heterocycles. The topological polar surface area (TPSA) is 116 Å². The van der Waals surface area contributed by atoms with Crippen molar-refractivity contribution in [3.63, 3.8) is 0 Å². The summed E-state index contributed by atoms with van der Waals surface area (Å²) in [5.74, 6) is 0.150. The largest absolute Gasteiger partial charge is 0.301 e. The van der Waals surface area contributed by atoms with Gasteiger partial charge in [0.15, 0.2) is 5.16 Å². The maximum absolute atomic E-state index is 11.6. The van der Waals surface area contributed by atoms with Gasteiger partial charge in [0.1, 0.15) is 6.33 Å². The normalized spacial score (nSPS) is 10.4. The van der Waals surface area contributed by atoms with Crippen molar-refractivity contribution < 1.29 is 4.79 Å². The van der Waals surface area contributed by atoms with Crippen LogP contribution in [0.4, 0.5) is 5.95 Å². The SMILES string of the molecule is CCc1cc(=O)[nH]c(SCC(=O)Nc2ncn[nH]2)n1. The van der Waals surface area contributed by atoms with Crippen LogP contribution in [0, 0.1) is 0 Å². The van der Waals surface area contributed by atoms with E-state index in [9.17, 15) is 9.59 Å². The van der Waals surface area contributed by atoms with Gasteiger partial charge in [0.2, 0.25) is 11.9 Å². The van der Waals surface area contributed by atoms with E-state index in [-0.39, 0.29) is 23.2 Å². The molecule has 100 valence electrons. The molecular weight excluding hydrogens is 268 g/mol. The molecule has 0 radical (unpaired) electrons. The maximum Gasteiger partial charge on any atom is 0.251 e. The molecule has 2 aromatic heterocycles. The van der Waals surface area contributed by atoms with Crippen molar-refractivity contribution >= 4 is 23.6 Å². The summed E-state index contributed by atoms with van der Waals surface area (Å²) in [7, 11) is 0. The van der Waals surface area contributed by atoms with Crippen LogP contribution < -0.4 is 10.9 Å². The summed E-state index contributed by atoms with van der Waals surface area (Å²) in [6.07, 6.45) is 1.97. The molecule has 9 heteroatoms. The predicted molar refractivity (Wildman–Crippen MR) is 70.0 cm³/mol. The Bertz CT molecular complexity index is 609. The van der Waals surface area contributed by atoms with Gasteiger partial charge < -0.3 is 4.98 Å². The van der Waals surface area contributed by atoms with Crippen molar-refractivity contribution in [3.8, 4) is 0 Å². The highest BCUT2D eigenvalue weighted by Gasteiger charge is 2.07. The Morgan fingerprint density at radius 2 is 2.37 bits per heavy atom. The molecule has 0 atom stereocenters. The van der Waals surface area contributed by atoms with Crippen molar-refractivity contribution in [3.05, 3.63) is 28.4 Å².